The summed E-state index contributed by atoms with van der Waals surface area (Å²) in [5, 5.41) is 9.41. The molecular formula is C18H18N2OS. The molecule has 0 radical (unpaired) electrons. The van der Waals surface area contributed by atoms with Gasteiger partial charge in [0.25, 0.3) is 0 Å². The smallest absolute Gasteiger partial charge is 0.159 e. The number of nitrogens with zero attached hydrogens (tertiary/aromatic N) is 2. The van der Waals surface area contributed by atoms with Crippen molar-refractivity contribution in [2.75, 3.05) is 11.4 Å². The molecule has 0 aliphatic carbocycles. The summed E-state index contributed by atoms with van der Waals surface area (Å²) >= 11 is 1.82. The van der Waals surface area contributed by atoms with Crippen LogP contribution in [0.15, 0.2) is 30.3 Å². The van der Waals surface area contributed by atoms with Gasteiger partial charge in [0.1, 0.15) is 6.07 Å². The topological polar surface area (TPSA) is 44.1 Å². The molecule has 0 amide bonds. The van der Waals surface area contributed by atoms with Crippen molar-refractivity contribution in [3.05, 3.63) is 51.2 Å². The molecule has 22 heavy (non-hydrogen) atoms. The molecule has 1 saturated heterocycles. The molecule has 1 aromatic carbocycles. The summed E-state index contributed by atoms with van der Waals surface area (Å²) in [6.45, 7) is 4.61. The fourth-order valence-electron chi connectivity index (χ4n) is 3.07. The van der Waals surface area contributed by atoms with Crippen molar-refractivity contribution in [3.8, 4) is 6.07 Å². The highest BCUT2D eigenvalue weighted by molar-refractivity contribution is 7.12. The fourth-order valence-corrected chi connectivity index (χ4v) is 4.09. The summed E-state index contributed by atoms with van der Waals surface area (Å²) in [6, 6.07) is 12.3. The van der Waals surface area contributed by atoms with E-state index < -0.39 is 0 Å². The third-order valence-electron chi connectivity index (χ3n) is 4.18. The number of hydrogen-bond donors (Lipinski definition) is 0. The summed E-state index contributed by atoms with van der Waals surface area (Å²) in [4.78, 5) is 16.6. The molecule has 1 aliphatic heterocycles. The van der Waals surface area contributed by atoms with Crippen molar-refractivity contribution in [2.24, 2.45) is 0 Å². The largest absolute Gasteiger partial charge is 0.363 e. The predicted molar refractivity (Wildman–Crippen MR) is 89.5 cm³/mol. The van der Waals surface area contributed by atoms with Gasteiger partial charge >= 0.3 is 0 Å². The highest BCUT2D eigenvalue weighted by atomic mass is 32.1. The summed E-state index contributed by atoms with van der Waals surface area (Å²) < 4.78 is 0. The molecular weight excluding hydrogens is 292 g/mol. The van der Waals surface area contributed by atoms with Crippen LogP contribution in [0.4, 0.5) is 5.69 Å². The van der Waals surface area contributed by atoms with Gasteiger partial charge in [0.2, 0.25) is 0 Å². The van der Waals surface area contributed by atoms with E-state index in [4.69, 9.17) is 0 Å². The van der Waals surface area contributed by atoms with Crippen molar-refractivity contribution in [1.29, 1.82) is 5.26 Å². The molecule has 1 atom stereocenters. The summed E-state index contributed by atoms with van der Waals surface area (Å²) in [6.07, 6.45) is 2.20. The highest BCUT2D eigenvalue weighted by Crippen LogP contribution is 2.40. The average molecular weight is 310 g/mol. The van der Waals surface area contributed by atoms with Gasteiger partial charge < -0.3 is 4.90 Å². The third-order valence-corrected chi connectivity index (χ3v) is 5.28. The van der Waals surface area contributed by atoms with Crippen molar-refractivity contribution < 1.29 is 4.79 Å². The minimum absolute atomic E-state index is 0.0356. The molecule has 112 valence electrons. The Labute approximate surface area is 134 Å². The van der Waals surface area contributed by atoms with Crippen LogP contribution in [0.5, 0.6) is 0 Å². The average Bonchev–Trinajstić information content (AvgIpc) is 3.14. The van der Waals surface area contributed by atoms with Gasteiger partial charge in [-0.05, 0) is 57.0 Å². The maximum atomic E-state index is 11.7. The first kappa shape index (κ1) is 14.8. The van der Waals surface area contributed by atoms with Crippen LogP contribution in [0.25, 0.3) is 0 Å². The second kappa shape index (κ2) is 5.94. The van der Waals surface area contributed by atoms with Crippen LogP contribution in [-0.4, -0.2) is 12.3 Å². The van der Waals surface area contributed by atoms with Gasteiger partial charge in [-0.1, -0.05) is 0 Å². The molecule has 0 bridgehead atoms. The number of ketones is 1. The minimum atomic E-state index is 0.0356. The van der Waals surface area contributed by atoms with Crippen LogP contribution < -0.4 is 4.90 Å². The molecule has 0 spiro atoms. The first-order chi connectivity index (χ1) is 10.6. The standard InChI is InChI=1S/C18H18N2OS/c1-12-5-8-18(22-12)16-4-3-9-20(16)17-10-14(13(2)21)6-7-15(17)11-19/h5-8,10,16H,3-4,9H2,1-2H3. The molecule has 2 heterocycles. The Morgan fingerprint density at radius 3 is 2.82 bits per heavy atom. The number of rotatable bonds is 3. The number of benzene rings is 1. The lowest BCUT2D eigenvalue weighted by atomic mass is 10.1. The van der Waals surface area contributed by atoms with Crippen molar-refractivity contribution in [3.63, 3.8) is 0 Å². The zero-order chi connectivity index (χ0) is 15.7. The second-order valence-electron chi connectivity index (χ2n) is 5.70. The maximum absolute atomic E-state index is 11.7. The lowest BCUT2D eigenvalue weighted by Crippen LogP contribution is -2.23. The van der Waals surface area contributed by atoms with Gasteiger partial charge in [0.15, 0.2) is 5.78 Å². The number of anilines is 1. The van der Waals surface area contributed by atoms with E-state index in [0.717, 1.165) is 25.1 Å². The van der Waals surface area contributed by atoms with Crippen LogP contribution >= 0.6 is 11.3 Å². The number of thiophene rings is 1. The van der Waals surface area contributed by atoms with Crippen molar-refractivity contribution >= 4 is 22.8 Å². The van der Waals surface area contributed by atoms with E-state index in [1.165, 1.54) is 9.75 Å². The zero-order valence-electron chi connectivity index (χ0n) is 12.8. The van der Waals surface area contributed by atoms with Gasteiger partial charge in [-0.2, -0.15) is 5.26 Å². The number of carbonyl (C=O) groups is 1. The molecule has 3 rings (SSSR count). The summed E-state index contributed by atoms with van der Waals surface area (Å²) in [7, 11) is 0. The normalized spacial score (nSPS) is 17.5. The second-order valence-corrected chi connectivity index (χ2v) is 7.02. The molecule has 0 N–H and O–H groups in total. The van der Waals surface area contributed by atoms with Gasteiger partial charge in [0, 0.05) is 21.9 Å². The molecule has 0 saturated carbocycles. The molecule has 3 nitrogen and oxygen atoms in total. The van der Waals surface area contributed by atoms with E-state index in [9.17, 15) is 10.1 Å². The molecule has 1 aromatic heterocycles. The molecule has 1 fully saturated rings. The van der Waals surface area contributed by atoms with E-state index >= 15 is 0 Å². The van der Waals surface area contributed by atoms with E-state index in [2.05, 4.69) is 30.0 Å². The number of carbonyl (C=O) groups excluding carboxylic acids is 1. The number of aryl methyl sites for hydroxylation is 1. The van der Waals surface area contributed by atoms with Gasteiger partial charge in [0.05, 0.1) is 17.3 Å². The molecule has 2 aromatic rings. The molecule has 1 unspecified atom stereocenters. The quantitative estimate of drug-likeness (QED) is 0.786. The monoisotopic (exact) mass is 310 g/mol. The fraction of sp³-hybridized carbons (Fsp3) is 0.333. The van der Waals surface area contributed by atoms with Crippen molar-refractivity contribution in [1.82, 2.24) is 0 Å². The molecule has 4 heteroatoms. The van der Waals surface area contributed by atoms with Gasteiger partial charge in [-0.25, -0.2) is 0 Å². The maximum Gasteiger partial charge on any atom is 0.159 e. The Morgan fingerprint density at radius 1 is 1.36 bits per heavy atom. The van der Waals surface area contributed by atoms with Crippen LogP contribution in [0.1, 0.15) is 51.5 Å². The van der Waals surface area contributed by atoms with E-state index in [-0.39, 0.29) is 5.78 Å². The number of hydrogen-bond acceptors (Lipinski definition) is 4. The van der Waals surface area contributed by atoms with E-state index in [1.807, 2.05) is 17.4 Å². The highest BCUT2D eigenvalue weighted by Gasteiger charge is 2.29. The lowest BCUT2D eigenvalue weighted by Gasteiger charge is -2.27. The Balaban J connectivity index is 2.03. The van der Waals surface area contributed by atoms with Crippen molar-refractivity contribution in [2.45, 2.75) is 32.7 Å². The first-order valence-corrected chi connectivity index (χ1v) is 8.30. The zero-order valence-corrected chi connectivity index (χ0v) is 13.6. The van der Waals surface area contributed by atoms with E-state index in [0.29, 0.717) is 17.2 Å². The van der Waals surface area contributed by atoms with Gasteiger partial charge in [-0.15, -0.1) is 11.3 Å². The molecule has 1 aliphatic rings. The third kappa shape index (κ3) is 2.65. The van der Waals surface area contributed by atoms with Crippen LogP contribution in [0.3, 0.4) is 0 Å². The summed E-state index contributed by atoms with van der Waals surface area (Å²) in [5.41, 5.74) is 2.20. The Bertz CT molecular complexity index is 757. The van der Waals surface area contributed by atoms with Crippen LogP contribution in [0.2, 0.25) is 0 Å². The Kier molecular flexibility index (Phi) is 4.00. The number of nitriles is 1. The summed E-state index contributed by atoms with van der Waals surface area (Å²) in [5.74, 6) is 0.0356. The Hall–Kier alpha value is -2.12. The van der Waals surface area contributed by atoms with Crippen LogP contribution in [0, 0.1) is 18.3 Å². The van der Waals surface area contributed by atoms with E-state index in [1.54, 1.807) is 19.1 Å². The predicted octanol–water partition coefficient (Wildman–Crippen LogP) is 4.47. The number of Topliss-reactive ketones (excluding diaryl/α,β-unsaturated/α-hetero) is 1. The van der Waals surface area contributed by atoms with Gasteiger partial charge in [-0.3, -0.25) is 4.79 Å². The Morgan fingerprint density at radius 2 is 2.18 bits per heavy atom. The minimum Gasteiger partial charge on any atom is -0.363 e. The first-order valence-electron chi connectivity index (χ1n) is 7.48. The lowest BCUT2D eigenvalue weighted by molar-refractivity contribution is 0.101. The SMILES string of the molecule is CC(=O)c1ccc(C#N)c(N2CCCC2c2ccc(C)s2)c1. The van der Waals surface area contributed by atoms with Crippen LogP contribution in [-0.2, 0) is 0 Å².